The van der Waals surface area contributed by atoms with Crippen molar-refractivity contribution in [3.63, 3.8) is 0 Å². The number of hydrogen-bond acceptors (Lipinski definition) is 5. The molecular formula is C25H25ClN6O. The Balaban J connectivity index is 1.55. The summed E-state index contributed by atoms with van der Waals surface area (Å²) >= 11 is 6.13. The lowest BCUT2D eigenvalue weighted by Gasteiger charge is -2.13. The molecule has 0 unspecified atom stereocenters. The zero-order chi connectivity index (χ0) is 22.9. The van der Waals surface area contributed by atoms with E-state index >= 15 is 0 Å². The highest BCUT2D eigenvalue weighted by molar-refractivity contribution is 6.29. The first kappa shape index (κ1) is 21.4. The summed E-state index contributed by atoms with van der Waals surface area (Å²) in [4.78, 5) is 25.9. The second-order valence-electron chi connectivity index (χ2n) is 8.78. The summed E-state index contributed by atoms with van der Waals surface area (Å²) in [6.07, 6.45) is 7.60. The van der Waals surface area contributed by atoms with Crippen LogP contribution < -0.4 is 10.6 Å². The quantitative estimate of drug-likeness (QED) is 0.376. The summed E-state index contributed by atoms with van der Waals surface area (Å²) in [5, 5.41) is 6.87. The monoisotopic (exact) mass is 460 g/mol. The highest BCUT2D eigenvalue weighted by Gasteiger charge is 2.23. The Morgan fingerprint density at radius 1 is 1.15 bits per heavy atom. The molecule has 3 heterocycles. The molecule has 7 nitrogen and oxygen atoms in total. The number of nitrogens with zero attached hydrogens (tertiary/aromatic N) is 4. The van der Waals surface area contributed by atoms with Gasteiger partial charge in [0.05, 0.1) is 17.6 Å². The third-order valence-corrected chi connectivity index (χ3v) is 5.75. The molecule has 168 valence electrons. The lowest BCUT2D eigenvalue weighted by Crippen LogP contribution is -2.25. The van der Waals surface area contributed by atoms with Gasteiger partial charge in [-0.3, -0.25) is 9.20 Å². The van der Waals surface area contributed by atoms with E-state index in [0.717, 1.165) is 47.5 Å². The largest absolute Gasteiger partial charge is 0.367 e. The second kappa shape index (κ2) is 8.83. The number of rotatable bonds is 7. The molecule has 0 aliphatic heterocycles. The summed E-state index contributed by atoms with van der Waals surface area (Å²) < 4.78 is 2.03. The highest BCUT2D eigenvalue weighted by Crippen LogP contribution is 2.29. The van der Waals surface area contributed by atoms with Crippen molar-refractivity contribution >= 4 is 29.0 Å². The van der Waals surface area contributed by atoms with Gasteiger partial charge in [0.2, 0.25) is 0 Å². The van der Waals surface area contributed by atoms with Gasteiger partial charge in [0.1, 0.15) is 5.15 Å². The van der Waals surface area contributed by atoms with E-state index in [1.54, 1.807) is 12.3 Å². The first-order valence-corrected chi connectivity index (χ1v) is 11.5. The number of benzene rings is 1. The second-order valence-corrected chi connectivity index (χ2v) is 9.17. The van der Waals surface area contributed by atoms with E-state index in [1.165, 1.54) is 0 Å². The van der Waals surface area contributed by atoms with Crippen molar-refractivity contribution in [3.05, 3.63) is 65.7 Å². The van der Waals surface area contributed by atoms with E-state index in [9.17, 15) is 4.79 Å². The van der Waals surface area contributed by atoms with Crippen molar-refractivity contribution in [2.45, 2.75) is 32.7 Å². The molecule has 1 fully saturated rings. The fourth-order valence-corrected chi connectivity index (χ4v) is 3.78. The molecule has 0 atom stereocenters. The number of pyridine rings is 1. The van der Waals surface area contributed by atoms with E-state index in [-0.39, 0.29) is 5.91 Å². The minimum absolute atomic E-state index is 0.0246. The number of nitrogens with one attached hydrogen (secondary N) is 2. The number of carbonyl (C=O) groups is 1. The molecule has 0 radical (unpaired) electrons. The molecule has 0 spiro atoms. The van der Waals surface area contributed by atoms with Gasteiger partial charge in [-0.05, 0) is 43.0 Å². The number of hydrogen-bond donors (Lipinski definition) is 2. The van der Waals surface area contributed by atoms with Crippen LogP contribution in [-0.2, 0) is 0 Å². The maximum absolute atomic E-state index is 12.3. The standard InChI is InChI=1S/C25H25ClN6O/c1-15(2)12-28-23-24-29-13-21(16-3-5-17(6-4-16)25(33)30-19-7-8-19)32(24)14-20(31-23)18-9-10-27-22(26)11-18/h3-6,9-11,13-15,19H,7-8,12H2,1-2H3,(H,28,31)(H,30,33). The Hall–Kier alpha value is -3.45. The van der Waals surface area contributed by atoms with Crippen LogP contribution in [0.4, 0.5) is 5.82 Å². The Labute approximate surface area is 197 Å². The van der Waals surface area contributed by atoms with E-state index < -0.39 is 0 Å². The van der Waals surface area contributed by atoms with E-state index in [0.29, 0.717) is 28.5 Å². The molecule has 33 heavy (non-hydrogen) atoms. The topological polar surface area (TPSA) is 84.2 Å². The van der Waals surface area contributed by atoms with E-state index in [2.05, 4.69) is 34.4 Å². The maximum atomic E-state index is 12.3. The van der Waals surface area contributed by atoms with Crippen LogP contribution in [0.3, 0.4) is 0 Å². The molecule has 5 rings (SSSR count). The predicted molar refractivity (Wildman–Crippen MR) is 130 cm³/mol. The van der Waals surface area contributed by atoms with Gasteiger partial charge in [-0.15, -0.1) is 0 Å². The summed E-state index contributed by atoms with van der Waals surface area (Å²) in [6.45, 7) is 5.07. The van der Waals surface area contributed by atoms with Gasteiger partial charge in [-0.2, -0.15) is 0 Å². The van der Waals surface area contributed by atoms with Crippen LogP contribution in [0.15, 0.2) is 55.0 Å². The molecule has 1 aromatic carbocycles. The zero-order valence-electron chi connectivity index (χ0n) is 18.5. The molecular weight excluding hydrogens is 436 g/mol. The molecule has 8 heteroatoms. The number of halogens is 1. The SMILES string of the molecule is CC(C)CNc1nc(-c2ccnc(Cl)c2)cn2c(-c3ccc(C(=O)NC4CC4)cc3)cnc12. The van der Waals surface area contributed by atoms with Crippen LogP contribution in [0.1, 0.15) is 37.0 Å². The molecule has 0 bridgehead atoms. The Bertz CT molecular complexity index is 1310. The van der Waals surface area contributed by atoms with E-state index in [4.69, 9.17) is 16.6 Å². The molecule has 3 aromatic heterocycles. The summed E-state index contributed by atoms with van der Waals surface area (Å²) in [5.74, 6) is 1.14. The van der Waals surface area contributed by atoms with Crippen LogP contribution in [0.5, 0.6) is 0 Å². The third-order valence-electron chi connectivity index (χ3n) is 5.55. The Morgan fingerprint density at radius 3 is 2.64 bits per heavy atom. The summed E-state index contributed by atoms with van der Waals surface area (Å²) in [7, 11) is 0. The number of fused-ring (bicyclic) bond motifs is 1. The number of aromatic nitrogens is 4. The van der Waals surface area contributed by atoms with Crippen molar-refractivity contribution < 1.29 is 4.79 Å². The minimum atomic E-state index is -0.0246. The Morgan fingerprint density at radius 2 is 1.94 bits per heavy atom. The predicted octanol–water partition coefficient (Wildman–Crippen LogP) is 5.07. The van der Waals surface area contributed by atoms with Gasteiger partial charge < -0.3 is 10.6 Å². The number of anilines is 1. The van der Waals surface area contributed by atoms with Gasteiger partial charge in [0, 0.05) is 41.7 Å². The first-order chi connectivity index (χ1) is 16.0. The van der Waals surface area contributed by atoms with Crippen LogP contribution in [0.25, 0.3) is 28.2 Å². The van der Waals surface area contributed by atoms with Crippen LogP contribution in [0, 0.1) is 5.92 Å². The lowest BCUT2D eigenvalue weighted by atomic mass is 10.1. The normalized spacial score (nSPS) is 13.5. The number of amides is 1. The molecule has 1 amide bonds. The number of carbonyl (C=O) groups excluding carboxylic acids is 1. The Kier molecular flexibility index (Phi) is 5.72. The fraction of sp³-hybridized carbons (Fsp3) is 0.280. The first-order valence-electron chi connectivity index (χ1n) is 11.1. The van der Waals surface area contributed by atoms with Crippen LogP contribution in [0.2, 0.25) is 5.15 Å². The molecule has 1 aliphatic rings. The van der Waals surface area contributed by atoms with Gasteiger partial charge >= 0.3 is 0 Å². The van der Waals surface area contributed by atoms with Gasteiger partial charge in [0.15, 0.2) is 11.5 Å². The average Bonchev–Trinajstić information content (AvgIpc) is 3.52. The van der Waals surface area contributed by atoms with Crippen molar-refractivity contribution in [2.75, 3.05) is 11.9 Å². The van der Waals surface area contributed by atoms with Gasteiger partial charge in [0.25, 0.3) is 5.91 Å². The van der Waals surface area contributed by atoms with Crippen molar-refractivity contribution in [1.82, 2.24) is 24.7 Å². The smallest absolute Gasteiger partial charge is 0.251 e. The van der Waals surface area contributed by atoms with Crippen LogP contribution >= 0.6 is 11.6 Å². The van der Waals surface area contributed by atoms with Crippen LogP contribution in [-0.4, -0.2) is 37.8 Å². The van der Waals surface area contributed by atoms with Gasteiger partial charge in [-0.25, -0.2) is 15.0 Å². The summed E-state index contributed by atoms with van der Waals surface area (Å²) in [5.41, 5.74) is 4.91. The fourth-order valence-electron chi connectivity index (χ4n) is 3.61. The lowest BCUT2D eigenvalue weighted by molar-refractivity contribution is 0.0951. The minimum Gasteiger partial charge on any atom is -0.367 e. The highest BCUT2D eigenvalue weighted by atomic mass is 35.5. The molecule has 0 saturated heterocycles. The van der Waals surface area contributed by atoms with E-state index in [1.807, 2.05) is 47.1 Å². The molecule has 4 aromatic rings. The molecule has 2 N–H and O–H groups in total. The van der Waals surface area contributed by atoms with Crippen molar-refractivity contribution in [2.24, 2.45) is 5.92 Å². The summed E-state index contributed by atoms with van der Waals surface area (Å²) in [6, 6.07) is 11.6. The van der Waals surface area contributed by atoms with Crippen molar-refractivity contribution in [3.8, 4) is 22.5 Å². The maximum Gasteiger partial charge on any atom is 0.251 e. The average molecular weight is 461 g/mol. The zero-order valence-corrected chi connectivity index (χ0v) is 19.3. The molecule has 1 saturated carbocycles. The third kappa shape index (κ3) is 4.68. The molecule has 1 aliphatic carbocycles. The van der Waals surface area contributed by atoms with Crippen molar-refractivity contribution in [1.29, 1.82) is 0 Å². The van der Waals surface area contributed by atoms with Gasteiger partial charge in [-0.1, -0.05) is 37.6 Å². The number of imidazole rings is 1.